The number of nitrogens with zero attached hydrogens (tertiary/aromatic N) is 4. The van der Waals surface area contributed by atoms with E-state index in [-0.39, 0.29) is 5.75 Å². The molecule has 0 aliphatic rings. The van der Waals surface area contributed by atoms with Crippen LogP contribution in [0.3, 0.4) is 0 Å². The van der Waals surface area contributed by atoms with Crippen LogP contribution in [0.1, 0.15) is 5.56 Å². The minimum Gasteiger partial charge on any atom is -0.507 e. The predicted octanol–water partition coefficient (Wildman–Crippen LogP) is 5.04. The van der Waals surface area contributed by atoms with E-state index in [0.717, 1.165) is 11.3 Å². The summed E-state index contributed by atoms with van der Waals surface area (Å²) >= 11 is 5.90. The number of phenols is 1. The minimum absolute atomic E-state index is 0.0613. The van der Waals surface area contributed by atoms with E-state index < -0.39 is 0 Å². The first kappa shape index (κ1) is 17.0. The van der Waals surface area contributed by atoms with Crippen molar-refractivity contribution in [1.82, 2.24) is 15.0 Å². The van der Waals surface area contributed by atoms with Crippen molar-refractivity contribution in [2.24, 2.45) is 4.99 Å². The maximum atomic E-state index is 10.1. The van der Waals surface area contributed by atoms with Crippen LogP contribution in [0.4, 0.5) is 5.82 Å². The second-order valence-electron chi connectivity index (χ2n) is 5.84. The van der Waals surface area contributed by atoms with Gasteiger partial charge in [-0.05, 0) is 30.3 Å². The first-order valence-electron chi connectivity index (χ1n) is 8.31. The zero-order chi connectivity index (χ0) is 18.6. The number of halogens is 1. The highest BCUT2D eigenvalue weighted by Crippen LogP contribution is 2.30. The third-order valence-electron chi connectivity index (χ3n) is 4.01. The highest BCUT2D eigenvalue weighted by atomic mass is 35.5. The van der Waals surface area contributed by atoms with Crippen molar-refractivity contribution >= 4 is 23.6 Å². The topological polar surface area (TPSA) is 63.3 Å². The molecule has 0 saturated heterocycles. The standard InChI is InChI=1S/C21H15ClN4O/c22-17-12-11-16(19(27)13-17)14-23-21-20(15-7-3-1-4-8-15)24-25-26(21)18-9-5-2-6-10-18/h1-14,27H/b23-14+. The molecular formula is C21H15ClN4O. The molecule has 3 aromatic carbocycles. The van der Waals surface area contributed by atoms with Crippen molar-refractivity contribution < 1.29 is 5.11 Å². The largest absolute Gasteiger partial charge is 0.507 e. The predicted molar refractivity (Wildman–Crippen MR) is 107 cm³/mol. The summed E-state index contributed by atoms with van der Waals surface area (Å²) in [6.45, 7) is 0. The molecule has 0 radical (unpaired) electrons. The monoisotopic (exact) mass is 374 g/mol. The summed E-state index contributed by atoms with van der Waals surface area (Å²) in [6.07, 6.45) is 1.58. The van der Waals surface area contributed by atoms with E-state index >= 15 is 0 Å². The smallest absolute Gasteiger partial charge is 0.184 e. The van der Waals surface area contributed by atoms with Gasteiger partial charge in [-0.25, -0.2) is 4.99 Å². The second-order valence-corrected chi connectivity index (χ2v) is 6.27. The summed E-state index contributed by atoms with van der Waals surface area (Å²) in [7, 11) is 0. The summed E-state index contributed by atoms with van der Waals surface area (Å²) < 4.78 is 1.67. The molecule has 6 heteroatoms. The van der Waals surface area contributed by atoms with Crippen molar-refractivity contribution in [3.63, 3.8) is 0 Å². The number of hydrogen-bond donors (Lipinski definition) is 1. The summed E-state index contributed by atoms with van der Waals surface area (Å²) in [5, 5.41) is 19.2. The molecule has 4 aromatic rings. The van der Waals surface area contributed by atoms with Gasteiger partial charge in [-0.1, -0.05) is 65.3 Å². The zero-order valence-electron chi connectivity index (χ0n) is 14.2. The number of para-hydroxylation sites is 1. The Bertz CT molecular complexity index is 1030. The van der Waals surface area contributed by atoms with Crippen LogP contribution < -0.4 is 0 Å². The van der Waals surface area contributed by atoms with Crippen molar-refractivity contribution in [3.8, 4) is 22.7 Å². The number of benzene rings is 3. The average Bonchev–Trinajstić information content (AvgIpc) is 3.12. The molecular weight excluding hydrogens is 360 g/mol. The van der Waals surface area contributed by atoms with Crippen molar-refractivity contribution in [1.29, 1.82) is 0 Å². The van der Waals surface area contributed by atoms with Crippen LogP contribution in [0.25, 0.3) is 16.9 Å². The van der Waals surface area contributed by atoms with Crippen LogP contribution >= 0.6 is 11.6 Å². The Hall–Kier alpha value is -3.44. The fourth-order valence-corrected chi connectivity index (χ4v) is 2.84. The van der Waals surface area contributed by atoms with Crippen LogP contribution in [-0.2, 0) is 0 Å². The summed E-state index contributed by atoms with van der Waals surface area (Å²) in [4.78, 5) is 4.59. The Balaban J connectivity index is 1.83. The number of rotatable bonds is 4. The van der Waals surface area contributed by atoms with Crippen LogP contribution in [0.5, 0.6) is 5.75 Å². The lowest BCUT2D eigenvalue weighted by molar-refractivity contribution is 0.474. The van der Waals surface area contributed by atoms with Gasteiger partial charge in [0.2, 0.25) is 0 Å². The lowest BCUT2D eigenvalue weighted by Gasteiger charge is -2.04. The molecule has 0 spiro atoms. The molecule has 0 unspecified atom stereocenters. The number of aromatic nitrogens is 3. The molecule has 0 bridgehead atoms. The van der Waals surface area contributed by atoms with Gasteiger partial charge >= 0.3 is 0 Å². The van der Waals surface area contributed by atoms with Crippen LogP contribution in [-0.4, -0.2) is 26.3 Å². The molecule has 4 rings (SSSR count). The molecule has 0 amide bonds. The van der Waals surface area contributed by atoms with Gasteiger partial charge in [-0.3, -0.25) is 0 Å². The maximum Gasteiger partial charge on any atom is 0.184 e. The van der Waals surface area contributed by atoms with Crippen molar-refractivity contribution in [3.05, 3.63) is 89.4 Å². The molecule has 0 fully saturated rings. The Kier molecular flexibility index (Phi) is 4.68. The fourth-order valence-electron chi connectivity index (χ4n) is 2.68. The Labute approximate surface area is 161 Å². The lowest BCUT2D eigenvalue weighted by Crippen LogP contribution is -1.96. The van der Waals surface area contributed by atoms with E-state index in [9.17, 15) is 5.11 Å². The van der Waals surface area contributed by atoms with Crippen LogP contribution in [0.2, 0.25) is 5.02 Å². The van der Waals surface area contributed by atoms with E-state index in [1.54, 1.807) is 23.0 Å². The van der Waals surface area contributed by atoms with Gasteiger partial charge in [-0.2, -0.15) is 4.68 Å². The third-order valence-corrected chi connectivity index (χ3v) is 4.25. The van der Waals surface area contributed by atoms with E-state index in [1.165, 1.54) is 6.07 Å². The van der Waals surface area contributed by atoms with E-state index in [0.29, 0.717) is 22.1 Å². The Morgan fingerprint density at radius 1 is 0.926 bits per heavy atom. The molecule has 0 aliphatic heterocycles. The Morgan fingerprint density at radius 2 is 1.63 bits per heavy atom. The van der Waals surface area contributed by atoms with Gasteiger partial charge in [0.05, 0.1) is 5.69 Å². The molecule has 1 aromatic heterocycles. The zero-order valence-corrected chi connectivity index (χ0v) is 15.0. The SMILES string of the molecule is Oc1cc(Cl)ccc1/C=N/c1c(-c2ccccc2)nnn1-c1ccccc1. The van der Waals surface area contributed by atoms with Gasteiger partial charge in [0.1, 0.15) is 11.4 Å². The second kappa shape index (κ2) is 7.43. The molecule has 132 valence electrons. The number of aromatic hydroxyl groups is 1. The van der Waals surface area contributed by atoms with Crippen molar-refractivity contribution in [2.45, 2.75) is 0 Å². The van der Waals surface area contributed by atoms with E-state index in [2.05, 4.69) is 15.3 Å². The molecule has 1 N–H and O–H groups in total. The van der Waals surface area contributed by atoms with E-state index in [1.807, 2.05) is 60.7 Å². The minimum atomic E-state index is 0.0613. The molecule has 0 atom stereocenters. The summed E-state index contributed by atoms with van der Waals surface area (Å²) in [5.74, 6) is 0.632. The Morgan fingerprint density at radius 3 is 2.33 bits per heavy atom. The summed E-state index contributed by atoms with van der Waals surface area (Å²) in [5.41, 5.74) is 2.97. The van der Waals surface area contributed by atoms with Gasteiger partial charge in [-0.15, -0.1) is 5.10 Å². The van der Waals surface area contributed by atoms with Crippen LogP contribution in [0, 0.1) is 0 Å². The molecule has 0 aliphatic carbocycles. The molecule has 27 heavy (non-hydrogen) atoms. The van der Waals surface area contributed by atoms with Gasteiger partial charge in [0.15, 0.2) is 5.82 Å². The fraction of sp³-hybridized carbons (Fsp3) is 0. The quantitative estimate of drug-likeness (QED) is 0.509. The normalized spacial score (nSPS) is 11.1. The van der Waals surface area contributed by atoms with Gasteiger partial charge in [0, 0.05) is 22.4 Å². The third kappa shape index (κ3) is 3.59. The maximum absolute atomic E-state index is 10.1. The van der Waals surface area contributed by atoms with Crippen molar-refractivity contribution in [2.75, 3.05) is 0 Å². The van der Waals surface area contributed by atoms with E-state index in [4.69, 9.17) is 11.6 Å². The molecule has 1 heterocycles. The summed E-state index contributed by atoms with van der Waals surface area (Å²) in [6, 6.07) is 24.3. The molecule has 0 saturated carbocycles. The highest BCUT2D eigenvalue weighted by molar-refractivity contribution is 6.30. The first-order chi connectivity index (χ1) is 13.2. The number of aliphatic imine (C=N–C) groups is 1. The lowest BCUT2D eigenvalue weighted by atomic mass is 10.1. The highest BCUT2D eigenvalue weighted by Gasteiger charge is 2.15. The number of phenolic OH excluding ortho intramolecular Hbond substituents is 1. The molecule has 5 nitrogen and oxygen atoms in total. The number of hydrogen-bond acceptors (Lipinski definition) is 4. The van der Waals surface area contributed by atoms with Crippen LogP contribution in [0.15, 0.2) is 83.9 Å². The first-order valence-corrected chi connectivity index (χ1v) is 8.69. The van der Waals surface area contributed by atoms with Gasteiger partial charge < -0.3 is 5.11 Å². The van der Waals surface area contributed by atoms with Gasteiger partial charge in [0.25, 0.3) is 0 Å². The average molecular weight is 375 g/mol.